The van der Waals surface area contributed by atoms with Crippen molar-refractivity contribution < 1.29 is 159 Å². The van der Waals surface area contributed by atoms with E-state index in [9.17, 15) is 89.7 Å². The first-order valence-electron chi connectivity index (χ1n) is 32.2. The maximum absolute atomic E-state index is 14.5. The predicted octanol–water partition coefficient (Wildman–Crippen LogP) is -1.44. The van der Waals surface area contributed by atoms with Crippen LogP contribution in [0.25, 0.3) is 0 Å². The minimum atomic E-state index is -5.32. The van der Waals surface area contributed by atoms with Gasteiger partial charge in [-0.25, -0.2) is 12.5 Å². The van der Waals surface area contributed by atoms with Gasteiger partial charge in [-0.2, -0.15) is 25.3 Å². The van der Waals surface area contributed by atoms with Gasteiger partial charge in [-0.15, -0.1) is 6.58 Å². The van der Waals surface area contributed by atoms with Crippen LogP contribution < -0.4 is 0 Å². The first-order chi connectivity index (χ1) is 44.6. The van der Waals surface area contributed by atoms with E-state index >= 15 is 0 Å². The molecule has 3 saturated carbocycles. The lowest BCUT2D eigenvalue weighted by Gasteiger charge is -2.64. The number of ether oxygens (including phenoxy) is 12. The number of hydrogen-bond acceptors (Lipinski definition) is 31. The summed E-state index contributed by atoms with van der Waals surface area (Å²) in [6, 6.07) is 0. The van der Waals surface area contributed by atoms with Crippen LogP contribution in [0.4, 0.5) is 0 Å². The van der Waals surface area contributed by atoms with Crippen LogP contribution in [0.3, 0.4) is 0 Å². The summed E-state index contributed by atoms with van der Waals surface area (Å²) in [5.41, 5.74) is -0.396. The number of aliphatic hydroxyl groups is 9. The number of aliphatic hydroxyl groups excluding tert-OH is 9. The lowest BCUT2D eigenvalue weighted by molar-refractivity contribution is -0.403. The number of allylic oxidation sites excluding steroid dienone is 3. The van der Waals surface area contributed by atoms with Gasteiger partial charge in [0.15, 0.2) is 31.5 Å². The Kier molecular flexibility index (Phi) is 22.6. The number of methoxy groups -OCH3 is 1. The van der Waals surface area contributed by atoms with E-state index < -0.39 is 227 Å². The van der Waals surface area contributed by atoms with Crippen LogP contribution in [0.15, 0.2) is 23.8 Å². The molecule has 1 spiro atoms. The number of fused-ring (bicyclic) bond motifs is 4. The Morgan fingerprint density at radius 2 is 1.18 bits per heavy atom. The van der Waals surface area contributed by atoms with Gasteiger partial charge in [-0.05, 0) is 108 Å². The van der Waals surface area contributed by atoms with Gasteiger partial charge in [0.2, 0.25) is 0 Å². The Morgan fingerprint density at radius 3 is 1.78 bits per heavy atom. The Labute approximate surface area is 556 Å². The van der Waals surface area contributed by atoms with Gasteiger partial charge in [-0.3, -0.25) is 18.5 Å². The van der Waals surface area contributed by atoms with Crippen LogP contribution in [-0.2, 0) is 105 Å². The Bertz CT molecular complexity index is 3160. The average molecular weight is 1440 g/mol. The molecule has 0 radical (unpaired) electrons. The molecule has 6 heterocycles. The molecule has 37 heteroatoms. The van der Waals surface area contributed by atoms with Gasteiger partial charge >= 0.3 is 37.2 Å². The van der Waals surface area contributed by atoms with Crippen molar-refractivity contribution in [1.82, 2.24) is 0 Å². The molecule has 10 rings (SSSR count). The molecule has 552 valence electrons. The smallest absolute Gasteiger partial charge is 0.397 e. The number of carbonyl (C=O) groups excluding carboxylic acids is 1. The Balaban J connectivity index is 0.917. The van der Waals surface area contributed by atoms with E-state index in [0.717, 1.165) is 51.2 Å². The molecule has 96 heavy (non-hydrogen) atoms. The van der Waals surface area contributed by atoms with Crippen LogP contribution in [0.5, 0.6) is 0 Å². The zero-order chi connectivity index (χ0) is 70.5. The highest BCUT2D eigenvalue weighted by Crippen LogP contribution is 2.76. The SMILES string of the molecule is C=C(C)CCCC1(C)OC(=O)C23CCC4C(=CCC5C(C)(C)C(OC6OCC(OS(=O)(=O)O)C(O)C6OC6OC(C)C(OC7OC(COS(=O)(=O)O)C(O)C(OC8OC(COS(=O)(=O)O)C(O)C(OC)C8O)C7O)C(O)C6OC6OCC(O)C(O)C6O)CCC45C)C2(C)CCC13. The van der Waals surface area contributed by atoms with Gasteiger partial charge in [0.25, 0.3) is 0 Å². The van der Waals surface area contributed by atoms with E-state index in [2.05, 4.69) is 55.6 Å². The molecule has 31 unspecified atom stereocenters. The second kappa shape index (κ2) is 28.4. The number of cyclic esters (lactones) is 1. The van der Waals surface area contributed by atoms with Crippen molar-refractivity contribution in [3.05, 3.63) is 23.8 Å². The Morgan fingerprint density at radius 1 is 0.604 bits per heavy atom. The monoisotopic (exact) mass is 1440 g/mol. The largest absolute Gasteiger partial charge is 0.459 e. The maximum atomic E-state index is 14.5. The molecule has 34 nitrogen and oxygen atoms in total. The standard InChI is InChI=1S/C59H94O34S3/c1-25(2)11-10-17-58(8)34-15-19-57(7)28-12-13-33-55(4,5)35(16-18-56(33,6)27(28)14-20-59(34,57)54(69)92-58)87-52-47(39(64)32(22-81-52)93-96(76,77)78)91-53-48(90-49-40(65)36(61)29(60)21-80-49)41(66)44(26(3)84-53)88-51-43(68)46(38(63)31(86-51)24-83-95(73,74)75)89-50-42(67)45(79-9)37(62)30(85-50)23-82-94(70,71)72/h12,26-27,29-53,60-68H,1,10-11,13-24H2,2-9H3,(H,70,71,72)(H,73,74,75)(H,76,77,78). The fourth-order valence-electron chi connectivity index (χ4n) is 17.7. The summed E-state index contributed by atoms with van der Waals surface area (Å²) in [5, 5.41) is 103. The molecule has 12 N–H and O–H groups in total. The third-order valence-corrected chi connectivity index (χ3v) is 23.9. The molecule has 0 bridgehead atoms. The predicted molar refractivity (Wildman–Crippen MR) is 318 cm³/mol. The van der Waals surface area contributed by atoms with Crippen LogP contribution in [0.2, 0.25) is 0 Å². The van der Waals surface area contributed by atoms with Gasteiger partial charge in [-0.1, -0.05) is 44.9 Å². The molecule has 0 amide bonds. The fourth-order valence-corrected chi connectivity index (χ4v) is 18.8. The maximum Gasteiger partial charge on any atom is 0.397 e. The van der Waals surface area contributed by atoms with E-state index in [4.69, 9.17) is 61.0 Å². The number of rotatable bonds is 23. The lowest BCUT2D eigenvalue weighted by atomic mass is 9.41. The number of hydrogen-bond donors (Lipinski definition) is 12. The first kappa shape index (κ1) is 76.4. The van der Waals surface area contributed by atoms with Crippen molar-refractivity contribution in [1.29, 1.82) is 0 Å². The zero-order valence-electron chi connectivity index (χ0n) is 54.3. The summed E-state index contributed by atoms with van der Waals surface area (Å²) < 4.78 is 186. The van der Waals surface area contributed by atoms with Crippen molar-refractivity contribution >= 4 is 37.2 Å². The third-order valence-electron chi connectivity index (χ3n) is 22.5. The highest BCUT2D eigenvalue weighted by atomic mass is 32.3. The van der Waals surface area contributed by atoms with E-state index in [0.29, 0.717) is 25.7 Å². The molecule has 0 aromatic heterocycles. The van der Waals surface area contributed by atoms with Crippen LogP contribution in [0.1, 0.15) is 113 Å². The van der Waals surface area contributed by atoms with E-state index in [1.807, 2.05) is 6.92 Å². The van der Waals surface area contributed by atoms with E-state index in [1.165, 1.54) is 12.5 Å². The van der Waals surface area contributed by atoms with Crippen molar-refractivity contribution in [2.45, 2.75) is 266 Å². The summed E-state index contributed by atoms with van der Waals surface area (Å²) in [4.78, 5) is 14.5. The van der Waals surface area contributed by atoms with Crippen LogP contribution in [-0.4, -0.2) is 277 Å². The molecular weight excluding hydrogens is 1350 g/mol. The van der Waals surface area contributed by atoms with Gasteiger partial charge in [0.1, 0.15) is 109 Å². The molecular formula is C59H94O34S3. The van der Waals surface area contributed by atoms with Crippen LogP contribution in [0, 0.1) is 39.4 Å². The lowest BCUT2D eigenvalue weighted by Crippen LogP contribution is -2.68. The number of esters is 1. The second-order valence-electron chi connectivity index (χ2n) is 28.7. The van der Waals surface area contributed by atoms with Crippen molar-refractivity contribution in [2.24, 2.45) is 39.4 Å². The fraction of sp³-hybridized carbons (Fsp3) is 0.915. The summed E-state index contributed by atoms with van der Waals surface area (Å²) >= 11 is 0. The molecule has 31 atom stereocenters. The second-order valence-corrected chi connectivity index (χ2v) is 31.9. The molecule has 4 aliphatic carbocycles. The molecule has 0 aromatic carbocycles. The summed E-state index contributed by atoms with van der Waals surface area (Å²) in [6.07, 6.45) is -36.7. The number of carbonyl (C=O) groups is 1. The zero-order valence-corrected chi connectivity index (χ0v) is 56.8. The van der Waals surface area contributed by atoms with Crippen molar-refractivity contribution in [3.8, 4) is 0 Å². The molecule has 10 aliphatic rings. The summed E-state index contributed by atoms with van der Waals surface area (Å²) in [7, 11) is -14.8. The topological polar surface area (TPSA) is 501 Å². The average Bonchev–Trinajstić information content (AvgIpc) is 1.47. The normalized spacial score (nSPS) is 48.2. The van der Waals surface area contributed by atoms with Gasteiger partial charge < -0.3 is 103 Å². The van der Waals surface area contributed by atoms with Gasteiger partial charge in [0.05, 0.1) is 44.1 Å². The summed E-state index contributed by atoms with van der Waals surface area (Å²) in [5.74, 6) is -0.0410. The highest BCUT2D eigenvalue weighted by Gasteiger charge is 2.76. The van der Waals surface area contributed by atoms with E-state index in [1.54, 1.807) is 0 Å². The molecule has 6 aliphatic heterocycles. The van der Waals surface area contributed by atoms with Crippen molar-refractivity contribution in [3.63, 3.8) is 0 Å². The Hall–Kier alpha value is -2.24. The van der Waals surface area contributed by atoms with Gasteiger partial charge in [0, 0.05) is 18.4 Å². The molecule has 0 aromatic rings. The first-order valence-corrected chi connectivity index (χ1v) is 36.3. The highest BCUT2D eigenvalue weighted by molar-refractivity contribution is 7.81. The van der Waals surface area contributed by atoms with E-state index in [-0.39, 0.29) is 29.1 Å². The van der Waals surface area contributed by atoms with Crippen LogP contribution >= 0.6 is 0 Å². The molecule has 6 saturated heterocycles. The quantitative estimate of drug-likeness (QED) is 0.0317. The van der Waals surface area contributed by atoms with Crippen molar-refractivity contribution in [2.75, 3.05) is 33.5 Å². The minimum absolute atomic E-state index is 0.0451. The summed E-state index contributed by atoms with van der Waals surface area (Å²) in [6.45, 7) is 14.3. The minimum Gasteiger partial charge on any atom is -0.459 e. The third kappa shape index (κ3) is 14.7. The molecule has 9 fully saturated rings.